The summed E-state index contributed by atoms with van der Waals surface area (Å²) in [5.74, 6) is 0. The molecule has 1 aromatic rings. The van der Waals surface area contributed by atoms with Crippen molar-refractivity contribution < 1.29 is 0 Å². The van der Waals surface area contributed by atoms with Crippen molar-refractivity contribution in [1.82, 2.24) is 10.2 Å². The van der Waals surface area contributed by atoms with Crippen LogP contribution < -0.4 is 5.32 Å². The van der Waals surface area contributed by atoms with Crippen LogP contribution in [0.1, 0.15) is 25.0 Å². The SMILES string of the molecule is CC1(C)CNCCN1Cc1ccc(C#N)cc1Cl. The van der Waals surface area contributed by atoms with E-state index in [1.165, 1.54) is 0 Å². The van der Waals surface area contributed by atoms with Gasteiger partial charge in [-0.2, -0.15) is 5.26 Å². The first-order valence-corrected chi connectivity index (χ1v) is 6.55. The normalized spacial score (nSPS) is 19.4. The van der Waals surface area contributed by atoms with Crippen molar-refractivity contribution in [3.63, 3.8) is 0 Å². The molecule has 0 aliphatic carbocycles. The van der Waals surface area contributed by atoms with Gasteiger partial charge in [0.25, 0.3) is 0 Å². The summed E-state index contributed by atoms with van der Waals surface area (Å²) in [6, 6.07) is 7.64. The van der Waals surface area contributed by atoms with E-state index in [-0.39, 0.29) is 5.54 Å². The van der Waals surface area contributed by atoms with Crippen molar-refractivity contribution in [2.24, 2.45) is 0 Å². The molecule has 2 rings (SSSR count). The van der Waals surface area contributed by atoms with Crippen LogP contribution in [0.4, 0.5) is 0 Å². The summed E-state index contributed by atoms with van der Waals surface area (Å²) in [5, 5.41) is 12.9. The summed E-state index contributed by atoms with van der Waals surface area (Å²) < 4.78 is 0. The standard InChI is InChI=1S/C14H18ClN3/c1-14(2)10-17-5-6-18(14)9-12-4-3-11(8-16)7-13(12)15/h3-4,7,17H,5-6,9-10H2,1-2H3. The molecule has 4 heteroatoms. The smallest absolute Gasteiger partial charge is 0.0992 e. The van der Waals surface area contributed by atoms with Gasteiger partial charge in [-0.3, -0.25) is 4.90 Å². The van der Waals surface area contributed by atoms with Gasteiger partial charge in [0.05, 0.1) is 11.6 Å². The fourth-order valence-corrected chi connectivity index (χ4v) is 2.51. The number of halogens is 1. The Morgan fingerprint density at radius 2 is 2.28 bits per heavy atom. The first-order valence-electron chi connectivity index (χ1n) is 6.17. The molecule has 18 heavy (non-hydrogen) atoms. The number of benzene rings is 1. The number of rotatable bonds is 2. The number of nitrogens with one attached hydrogen (secondary N) is 1. The van der Waals surface area contributed by atoms with Gasteiger partial charge in [-0.1, -0.05) is 17.7 Å². The largest absolute Gasteiger partial charge is 0.314 e. The van der Waals surface area contributed by atoms with Crippen LogP contribution in [0.5, 0.6) is 0 Å². The van der Waals surface area contributed by atoms with Gasteiger partial charge in [0.1, 0.15) is 0 Å². The van der Waals surface area contributed by atoms with E-state index >= 15 is 0 Å². The Morgan fingerprint density at radius 3 is 2.89 bits per heavy atom. The van der Waals surface area contributed by atoms with Gasteiger partial charge in [0.2, 0.25) is 0 Å². The summed E-state index contributed by atoms with van der Waals surface area (Å²) in [5.41, 5.74) is 1.84. The fourth-order valence-electron chi connectivity index (χ4n) is 2.27. The zero-order valence-electron chi connectivity index (χ0n) is 10.8. The number of piperazine rings is 1. The minimum atomic E-state index is 0.134. The zero-order valence-corrected chi connectivity index (χ0v) is 11.6. The molecule has 0 spiro atoms. The third-order valence-electron chi connectivity index (χ3n) is 3.52. The molecule has 0 bridgehead atoms. The molecule has 1 N–H and O–H groups in total. The average Bonchev–Trinajstić information content (AvgIpc) is 2.33. The molecule has 1 heterocycles. The molecule has 1 fully saturated rings. The maximum Gasteiger partial charge on any atom is 0.0992 e. The summed E-state index contributed by atoms with van der Waals surface area (Å²) >= 11 is 6.23. The third kappa shape index (κ3) is 2.84. The van der Waals surface area contributed by atoms with E-state index in [9.17, 15) is 0 Å². The molecule has 1 saturated heterocycles. The highest BCUT2D eigenvalue weighted by Gasteiger charge is 2.29. The molecule has 1 aromatic carbocycles. The number of nitrogens with zero attached hydrogens (tertiary/aromatic N) is 2. The molecule has 1 aliphatic heterocycles. The zero-order chi connectivity index (χ0) is 13.2. The topological polar surface area (TPSA) is 39.1 Å². The van der Waals surface area contributed by atoms with Gasteiger partial charge in [-0.25, -0.2) is 0 Å². The molecule has 3 nitrogen and oxygen atoms in total. The van der Waals surface area contributed by atoms with Crippen molar-refractivity contribution >= 4 is 11.6 Å². The lowest BCUT2D eigenvalue weighted by atomic mass is 9.99. The molecule has 0 saturated carbocycles. The van der Waals surface area contributed by atoms with Crippen LogP contribution in [0.2, 0.25) is 5.02 Å². The van der Waals surface area contributed by atoms with Crippen molar-refractivity contribution in [2.75, 3.05) is 19.6 Å². The van der Waals surface area contributed by atoms with Gasteiger partial charge in [0, 0.05) is 36.7 Å². The van der Waals surface area contributed by atoms with Gasteiger partial charge >= 0.3 is 0 Å². The second-order valence-electron chi connectivity index (χ2n) is 5.33. The molecular weight excluding hydrogens is 246 g/mol. The van der Waals surface area contributed by atoms with E-state index in [4.69, 9.17) is 16.9 Å². The molecule has 0 atom stereocenters. The third-order valence-corrected chi connectivity index (χ3v) is 3.87. The van der Waals surface area contributed by atoms with Crippen molar-refractivity contribution in [1.29, 1.82) is 5.26 Å². The lowest BCUT2D eigenvalue weighted by molar-refractivity contribution is 0.0828. The minimum absolute atomic E-state index is 0.134. The summed E-state index contributed by atoms with van der Waals surface area (Å²) in [6.45, 7) is 8.31. The highest BCUT2D eigenvalue weighted by atomic mass is 35.5. The maximum absolute atomic E-state index is 8.83. The van der Waals surface area contributed by atoms with Gasteiger partial charge in [-0.05, 0) is 31.5 Å². The number of nitriles is 1. The minimum Gasteiger partial charge on any atom is -0.314 e. The van der Waals surface area contributed by atoms with E-state index in [1.807, 2.05) is 12.1 Å². The Balaban J connectivity index is 2.16. The predicted molar refractivity (Wildman–Crippen MR) is 73.5 cm³/mol. The van der Waals surface area contributed by atoms with Gasteiger partial charge in [-0.15, -0.1) is 0 Å². The van der Waals surface area contributed by atoms with E-state index in [0.717, 1.165) is 31.7 Å². The van der Waals surface area contributed by atoms with Crippen molar-refractivity contribution in [3.05, 3.63) is 34.3 Å². The summed E-state index contributed by atoms with van der Waals surface area (Å²) in [4.78, 5) is 2.43. The van der Waals surface area contributed by atoms with Gasteiger partial charge in [0.15, 0.2) is 0 Å². The average molecular weight is 264 g/mol. The highest BCUT2D eigenvalue weighted by molar-refractivity contribution is 6.31. The Bertz CT molecular complexity index is 476. The summed E-state index contributed by atoms with van der Waals surface area (Å²) in [7, 11) is 0. The van der Waals surface area contributed by atoms with Crippen LogP contribution in [0.3, 0.4) is 0 Å². The molecule has 1 aliphatic rings. The number of hydrogen-bond acceptors (Lipinski definition) is 3. The summed E-state index contributed by atoms with van der Waals surface area (Å²) in [6.07, 6.45) is 0. The second kappa shape index (κ2) is 5.27. The quantitative estimate of drug-likeness (QED) is 0.891. The van der Waals surface area contributed by atoms with Crippen LogP contribution in [-0.2, 0) is 6.54 Å². The number of hydrogen-bond donors (Lipinski definition) is 1. The Labute approximate surface area is 113 Å². The van der Waals surface area contributed by atoms with E-state index in [2.05, 4.69) is 30.1 Å². The molecule has 96 valence electrons. The lowest BCUT2D eigenvalue weighted by Gasteiger charge is -2.43. The monoisotopic (exact) mass is 263 g/mol. The van der Waals surface area contributed by atoms with Crippen molar-refractivity contribution in [2.45, 2.75) is 25.9 Å². The maximum atomic E-state index is 8.83. The van der Waals surface area contributed by atoms with E-state index < -0.39 is 0 Å². The Kier molecular flexibility index (Phi) is 3.91. The molecule has 0 aromatic heterocycles. The first kappa shape index (κ1) is 13.4. The van der Waals surface area contributed by atoms with E-state index in [0.29, 0.717) is 10.6 Å². The van der Waals surface area contributed by atoms with Crippen LogP contribution in [0.15, 0.2) is 18.2 Å². The molecule has 0 unspecified atom stereocenters. The predicted octanol–water partition coefficient (Wildman–Crippen LogP) is 2.40. The van der Waals surface area contributed by atoms with Gasteiger partial charge < -0.3 is 5.32 Å². The van der Waals surface area contributed by atoms with Crippen LogP contribution in [0, 0.1) is 11.3 Å². The molecule has 0 radical (unpaired) electrons. The van der Waals surface area contributed by atoms with E-state index in [1.54, 1.807) is 6.07 Å². The van der Waals surface area contributed by atoms with Crippen LogP contribution in [-0.4, -0.2) is 30.1 Å². The second-order valence-corrected chi connectivity index (χ2v) is 5.74. The molecule has 0 amide bonds. The molecular formula is C14H18ClN3. The van der Waals surface area contributed by atoms with Crippen LogP contribution in [0.25, 0.3) is 0 Å². The fraction of sp³-hybridized carbons (Fsp3) is 0.500. The first-order chi connectivity index (χ1) is 8.53. The highest BCUT2D eigenvalue weighted by Crippen LogP contribution is 2.24. The van der Waals surface area contributed by atoms with Crippen LogP contribution >= 0.6 is 11.6 Å². The Hall–Kier alpha value is -1.08. The van der Waals surface area contributed by atoms with Crippen molar-refractivity contribution in [3.8, 4) is 6.07 Å². The lowest BCUT2D eigenvalue weighted by Crippen LogP contribution is -2.57. The Morgan fingerprint density at radius 1 is 1.50 bits per heavy atom.